The van der Waals surface area contributed by atoms with Crippen LogP contribution in [0.1, 0.15) is 16.8 Å². The van der Waals surface area contributed by atoms with Gasteiger partial charge >= 0.3 is 6.03 Å². The highest BCUT2D eigenvalue weighted by Crippen LogP contribution is 2.33. The second kappa shape index (κ2) is 9.90. The summed E-state index contributed by atoms with van der Waals surface area (Å²) in [5.74, 6) is 1.77. The summed E-state index contributed by atoms with van der Waals surface area (Å²) in [6.45, 7) is 4.70. The SMILES string of the molecule is O=C1NC(=O)N(Cc2ccccc2)/C1=C\c1ccnc(N2CCN(Cc3ccc4c(c3)OCO4)CC2)n1. The zero-order valence-electron chi connectivity index (χ0n) is 20.2. The number of aromatic nitrogens is 2. The van der Waals surface area contributed by atoms with Crippen LogP contribution in [0.5, 0.6) is 11.5 Å². The van der Waals surface area contributed by atoms with Gasteiger partial charge in [0.1, 0.15) is 5.70 Å². The lowest BCUT2D eigenvalue weighted by Gasteiger charge is -2.34. The average Bonchev–Trinajstić information content (AvgIpc) is 3.49. The topological polar surface area (TPSA) is 100 Å². The van der Waals surface area contributed by atoms with E-state index < -0.39 is 11.9 Å². The van der Waals surface area contributed by atoms with Crippen LogP contribution in [0.3, 0.4) is 0 Å². The highest BCUT2D eigenvalue weighted by Gasteiger charge is 2.33. The van der Waals surface area contributed by atoms with Crippen molar-refractivity contribution in [2.75, 3.05) is 37.9 Å². The number of nitrogens with zero attached hydrogens (tertiary/aromatic N) is 5. The van der Waals surface area contributed by atoms with E-state index in [0.717, 1.165) is 49.8 Å². The van der Waals surface area contributed by atoms with Gasteiger partial charge in [0.05, 0.1) is 12.2 Å². The number of rotatable bonds is 6. The van der Waals surface area contributed by atoms with Crippen molar-refractivity contribution in [2.45, 2.75) is 13.1 Å². The van der Waals surface area contributed by atoms with Gasteiger partial charge in [-0.05, 0) is 35.4 Å². The first kappa shape index (κ1) is 23.0. The van der Waals surface area contributed by atoms with Gasteiger partial charge in [-0.1, -0.05) is 36.4 Å². The van der Waals surface area contributed by atoms with Crippen LogP contribution in [0.15, 0.2) is 66.5 Å². The molecule has 0 saturated carbocycles. The second-order valence-corrected chi connectivity index (χ2v) is 9.09. The first-order chi connectivity index (χ1) is 18.1. The minimum Gasteiger partial charge on any atom is -0.454 e. The standard InChI is InChI=1S/C27H26N6O4/c34-25-22(33(27(35)30-25)17-19-4-2-1-3-5-19)15-21-8-9-28-26(29-21)32-12-10-31(11-13-32)16-20-6-7-23-24(14-20)37-18-36-23/h1-9,14-15H,10-13,16-18H2,(H,30,34,35)/b22-15-. The summed E-state index contributed by atoms with van der Waals surface area (Å²) in [6, 6.07) is 16.9. The molecule has 2 fully saturated rings. The van der Waals surface area contributed by atoms with Gasteiger partial charge in [0.15, 0.2) is 11.5 Å². The maximum Gasteiger partial charge on any atom is 0.329 e. The van der Waals surface area contributed by atoms with Crippen molar-refractivity contribution in [3.05, 3.63) is 83.3 Å². The lowest BCUT2D eigenvalue weighted by atomic mass is 10.1. The molecule has 3 aliphatic heterocycles. The number of urea groups is 1. The summed E-state index contributed by atoms with van der Waals surface area (Å²) in [5, 5.41) is 2.38. The molecule has 3 amide bonds. The third-order valence-electron chi connectivity index (χ3n) is 6.62. The molecule has 188 valence electrons. The van der Waals surface area contributed by atoms with Crippen LogP contribution in [0, 0.1) is 0 Å². The van der Waals surface area contributed by atoms with Crippen LogP contribution < -0.4 is 19.7 Å². The summed E-state index contributed by atoms with van der Waals surface area (Å²) in [4.78, 5) is 40.0. The summed E-state index contributed by atoms with van der Waals surface area (Å²) < 4.78 is 10.9. The summed E-state index contributed by atoms with van der Waals surface area (Å²) in [7, 11) is 0. The van der Waals surface area contributed by atoms with Gasteiger partial charge in [-0.15, -0.1) is 0 Å². The van der Waals surface area contributed by atoms with Crippen LogP contribution in [0.25, 0.3) is 6.08 Å². The van der Waals surface area contributed by atoms with Crippen LogP contribution in [-0.2, 0) is 17.9 Å². The normalized spacial score (nSPS) is 18.5. The third-order valence-corrected chi connectivity index (χ3v) is 6.62. The molecule has 37 heavy (non-hydrogen) atoms. The number of hydrogen-bond acceptors (Lipinski definition) is 8. The number of imide groups is 1. The molecule has 6 rings (SSSR count). The molecule has 1 aromatic heterocycles. The zero-order valence-corrected chi connectivity index (χ0v) is 20.2. The highest BCUT2D eigenvalue weighted by molar-refractivity contribution is 6.13. The molecule has 3 aromatic rings. The van der Waals surface area contributed by atoms with Crippen molar-refractivity contribution in [1.29, 1.82) is 0 Å². The number of piperazine rings is 1. The molecule has 0 spiro atoms. The Kier molecular flexibility index (Phi) is 6.15. The smallest absolute Gasteiger partial charge is 0.329 e. The Morgan fingerprint density at radius 1 is 0.892 bits per heavy atom. The van der Waals surface area contributed by atoms with Crippen molar-refractivity contribution in [3.8, 4) is 11.5 Å². The van der Waals surface area contributed by atoms with Gasteiger partial charge in [0.2, 0.25) is 12.7 Å². The molecule has 3 aliphatic rings. The molecule has 2 aromatic carbocycles. The number of carbonyl (C=O) groups is 2. The Morgan fingerprint density at radius 3 is 2.54 bits per heavy atom. The maximum atomic E-state index is 12.5. The molecule has 2 saturated heterocycles. The minimum absolute atomic E-state index is 0.270. The highest BCUT2D eigenvalue weighted by atomic mass is 16.7. The van der Waals surface area contributed by atoms with E-state index in [9.17, 15) is 9.59 Å². The second-order valence-electron chi connectivity index (χ2n) is 9.09. The Bertz CT molecular complexity index is 1350. The van der Waals surface area contributed by atoms with E-state index in [0.29, 0.717) is 18.2 Å². The van der Waals surface area contributed by atoms with Gasteiger partial charge < -0.3 is 14.4 Å². The Balaban J connectivity index is 1.12. The molecule has 0 unspecified atom stereocenters. The van der Waals surface area contributed by atoms with Gasteiger partial charge in [0, 0.05) is 38.9 Å². The molecular weight excluding hydrogens is 472 g/mol. The molecule has 0 radical (unpaired) electrons. The number of nitrogens with one attached hydrogen (secondary N) is 1. The Hall–Kier alpha value is -4.44. The largest absolute Gasteiger partial charge is 0.454 e. The average molecular weight is 499 g/mol. The van der Waals surface area contributed by atoms with Crippen molar-refractivity contribution in [1.82, 2.24) is 25.1 Å². The van der Waals surface area contributed by atoms with Gasteiger partial charge in [-0.2, -0.15) is 0 Å². The first-order valence-electron chi connectivity index (χ1n) is 12.2. The zero-order chi connectivity index (χ0) is 25.2. The number of fused-ring (bicyclic) bond motifs is 1. The Morgan fingerprint density at radius 2 is 1.70 bits per heavy atom. The number of hydrogen-bond donors (Lipinski definition) is 1. The van der Waals surface area contributed by atoms with Gasteiger partial charge in [0.25, 0.3) is 5.91 Å². The van der Waals surface area contributed by atoms with E-state index in [1.807, 2.05) is 42.5 Å². The molecular formula is C27H26N6O4. The predicted octanol–water partition coefficient (Wildman–Crippen LogP) is 2.62. The Labute approximate surface area is 214 Å². The predicted molar refractivity (Wildman–Crippen MR) is 136 cm³/mol. The van der Waals surface area contributed by atoms with Crippen molar-refractivity contribution in [3.63, 3.8) is 0 Å². The number of carbonyl (C=O) groups excluding carboxylic acids is 2. The van der Waals surface area contributed by atoms with E-state index >= 15 is 0 Å². The van der Waals surface area contributed by atoms with Gasteiger partial charge in [-0.25, -0.2) is 14.8 Å². The molecule has 0 bridgehead atoms. The first-order valence-corrected chi connectivity index (χ1v) is 12.2. The third kappa shape index (κ3) is 4.96. The fourth-order valence-corrected chi connectivity index (χ4v) is 4.67. The maximum absolute atomic E-state index is 12.5. The van der Waals surface area contributed by atoms with Crippen molar-refractivity contribution >= 4 is 24.0 Å². The van der Waals surface area contributed by atoms with Crippen LogP contribution in [0.2, 0.25) is 0 Å². The minimum atomic E-state index is -0.437. The number of benzene rings is 2. The fourth-order valence-electron chi connectivity index (χ4n) is 4.67. The van der Waals surface area contributed by atoms with Crippen molar-refractivity contribution in [2.24, 2.45) is 0 Å². The lowest BCUT2D eigenvalue weighted by molar-refractivity contribution is -0.116. The van der Waals surface area contributed by atoms with E-state index in [4.69, 9.17) is 9.47 Å². The number of ether oxygens (including phenoxy) is 2. The number of anilines is 1. The number of amides is 3. The molecule has 1 N–H and O–H groups in total. The summed E-state index contributed by atoms with van der Waals surface area (Å²) in [6.07, 6.45) is 3.33. The quantitative estimate of drug-likeness (QED) is 0.409. The molecule has 0 aliphatic carbocycles. The summed E-state index contributed by atoms with van der Waals surface area (Å²) in [5.41, 5.74) is 2.96. The van der Waals surface area contributed by atoms with Crippen LogP contribution in [-0.4, -0.2) is 64.7 Å². The van der Waals surface area contributed by atoms with Gasteiger partial charge in [-0.3, -0.25) is 19.9 Å². The lowest BCUT2D eigenvalue weighted by Crippen LogP contribution is -2.46. The summed E-state index contributed by atoms with van der Waals surface area (Å²) >= 11 is 0. The van der Waals surface area contributed by atoms with E-state index in [-0.39, 0.29) is 12.5 Å². The molecule has 4 heterocycles. The van der Waals surface area contributed by atoms with E-state index in [2.05, 4.69) is 31.2 Å². The molecule has 10 heteroatoms. The monoisotopic (exact) mass is 498 g/mol. The van der Waals surface area contributed by atoms with Crippen molar-refractivity contribution < 1.29 is 19.1 Å². The van der Waals surface area contributed by atoms with E-state index in [1.165, 1.54) is 10.5 Å². The molecule has 0 atom stereocenters. The fraction of sp³-hybridized carbons (Fsp3) is 0.259. The van der Waals surface area contributed by atoms with Crippen LogP contribution >= 0.6 is 0 Å². The van der Waals surface area contributed by atoms with E-state index in [1.54, 1.807) is 18.3 Å². The van der Waals surface area contributed by atoms with Crippen LogP contribution in [0.4, 0.5) is 10.7 Å². The molecule has 10 nitrogen and oxygen atoms in total.